The molecule has 0 aliphatic carbocycles. The zero-order valence-corrected chi connectivity index (χ0v) is 9.43. The van der Waals surface area contributed by atoms with Crippen LogP contribution in [0.4, 0.5) is 0 Å². The van der Waals surface area contributed by atoms with Crippen LogP contribution in [0, 0.1) is 6.92 Å². The molecule has 1 aromatic carbocycles. The molecular formula is C12H12O5. The number of hydrogen-bond acceptors (Lipinski definition) is 4. The van der Waals surface area contributed by atoms with Crippen molar-refractivity contribution < 1.29 is 24.2 Å². The number of carboxylic acid groups (broad SMARTS) is 1. The highest BCUT2D eigenvalue weighted by Gasteiger charge is 2.26. The van der Waals surface area contributed by atoms with Crippen molar-refractivity contribution in [3.8, 4) is 5.75 Å². The molecule has 2 N–H and O–H groups in total. The monoisotopic (exact) mass is 236 g/mol. The molecule has 0 saturated carbocycles. The van der Waals surface area contributed by atoms with E-state index in [0.717, 1.165) is 0 Å². The van der Waals surface area contributed by atoms with Gasteiger partial charge in [0.05, 0.1) is 12.5 Å². The van der Waals surface area contributed by atoms with Crippen LogP contribution in [0.3, 0.4) is 0 Å². The maximum Gasteiger partial charge on any atom is 0.337 e. The van der Waals surface area contributed by atoms with E-state index in [1.54, 1.807) is 25.1 Å². The van der Waals surface area contributed by atoms with E-state index >= 15 is 0 Å². The summed E-state index contributed by atoms with van der Waals surface area (Å²) in [6.07, 6.45) is -1.62. The molecule has 1 unspecified atom stereocenters. The zero-order chi connectivity index (χ0) is 12.6. The maximum atomic E-state index is 10.9. The molecule has 5 nitrogen and oxygen atoms in total. The third-order valence-electron chi connectivity index (χ3n) is 2.63. The normalized spacial score (nSPS) is 12.6. The van der Waals surface area contributed by atoms with Crippen LogP contribution in [0.25, 0.3) is 11.0 Å². The molecule has 2 aromatic rings. The van der Waals surface area contributed by atoms with Gasteiger partial charge in [0.25, 0.3) is 0 Å². The Bertz CT molecular complexity index is 570. The number of aliphatic hydroxyl groups excluding tert-OH is 1. The SMILES string of the molecule is COc1cccc2oc(C)c(C(O)C(=O)O)c12. The topological polar surface area (TPSA) is 79.9 Å². The number of aryl methyl sites for hydroxylation is 1. The van der Waals surface area contributed by atoms with Crippen LogP contribution >= 0.6 is 0 Å². The van der Waals surface area contributed by atoms with Gasteiger partial charge >= 0.3 is 5.97 Å². The summed E-state index contributed by atoms with van der Waals surface area (Å²) in [5, 5.41) is 19.0. The largest absolute Gasteiger partial charge is 0.496 e. The Morgan fingerprint density at radius 3 is 2.76 bits per heavy atom. The summed E-state index contributed by atoms with van der Waals surface area (Å²) in [6, 6.07) is 5.12. The van der Waals surface area contributed by atoms with Crippen LogP contribution in [0.15, 0.2) is 22.6 Å². The Balaban J connectivity index is 2.77. The van der Waals surface area contributed by atoms with E-state index in [0.29, 0.717) is 22.5 Å². The van der Waals surface area contributed by atoms with Crippen molar-refractivity contribution >= 4 is 16.9 Å². The van der Waals surface area contributed by atoms with Crippen molar-refractivity contribution in [3.05, 3.63) is 29.5 Å². The summed E-state index contributed by atoms with van der Waals surface area (Å²) in [7, 11) is 1.48. The van der Waals surface area contributed by atoms with Gasteiger partial charge in [0.15, 0.2) is 6.10 Å². The number of ether oxygens (including phenoxy) is 1. The molecule has 0 bridgehead atoms. The van der Waals surface area contributed by atoms with Crippen LogP contribution in [0.5, 0.6) is 5.75 Å². The molecule has 0 radical (unpaired) electrons. The van der Waals surface area contributed by atoms with Gasteiger partial charge in [-0.15, -0.1) is 0 Å². The van der Waals surface area contributed by atoms with E-state index in [1.807, 2.05) is 0 Å². The molecule has 17 heavy (non-hydrogen) atoms. The third-order valence-corrected chi connectivity index (χ3v) is 2.63. The van der Waals surface area contributed by atoms with Crippen molar-refractivity contribution in [2.24, 2.45) is 0 Å². The Morgan fingerprint density at radius 2 is 2.18 bits per heavy atom. The molecular weight excluding hydrogens is 224 g/mol. The maximum absolute atomic E-state index is 10.9. The van der Waals surface area contributed by atoms with Gasteiger partial charge in [-0.1, -0.05) is 6.07 Å². The summed E-state index contributed by atoms with van der Waals surface area (Å²) in [4.78, 5) is 10.9. The summed E-state index contributed by atoms with van der Waals surface area (Å²) < 4.78 is 10.6. The number of furan rings is 1. The van der Waals surface area contributed by atoms with Gasteiger partial charge in [0.1, 0.15) is 17.1 Å². The first kappa shape index (κ1) is 11.5. The quantitative estimate of drug-likeness (QED) is 0.850. The Labute approximate surface area is 97.2 Å². The molecule has 0 aliphatic rings. The van der Waals surface area contributed by atoms with Gasteiger partial charge < -0.3 is 19.4 Å². The van der Waals surface area contributed by atoms with Gasteiger partial charge in [-0.25, -0.2) is 4.79 Å². The smallest absolute Gasteiger partial charge is 0.337 e. The van der Waals surface area contributed by atoms with Gasteiger partial charge in [-0.2, -0.15) is 0 Å². The summed E-state index contributed by atoms with van der Waals surface area (Å²) in [5.41, 5.74) is 0.738. The molecule has 5 heteroatoms. The lowest BCUT2D eigenvalue weighted by Crippen LogP contribution is -2.11. The predicted octanol–water partition coefficient (Wildman–Crippen LogP) is 1.87. The zero-order valence-electron chi connectivity index (χ0n) is 9.43. The second-order valence-electron chi connectivity index (χ2n) is 3.65. The van der Waals surface area contributed by atoms with Gasteiger partial charge in [0, 0.05) is 5.56 Å². The number of carboxylic acids is 1. The summed E-state index contributed by atoms with van der Waals surface area (Å²) in [5.74, 6) is -0.462. The second kappa shape index (κ2) is 4.10. The lowest BCUT2D eigenvalue weighted by Gasteiger charge is -2.07. The van der Waals surface area contributed by atoms with E-state index < -0.39 is 12.1 Å². The Hall–Kier alpha value is -2.01. The van der Waals surface area contributed by atoms with Crippen molar-refractivity contribution in [1.29, 1.82) is 0 Å². The van der Waals surface area contributed by atoms with E-state index in [-0.39, 0.29) is 5.56 Å². The molecule has 2 rings (SSSR count). The van der Waals surface area contributed by atoms with Crippen LogP contribution in [0.2, 0.25) is 0 Å². The summed E-state index contributed by atoms with van der Waals surface area (Å²) >= 11 is 0. The highest BCUT2D eigenvalue weighted by atomic mass is 16.5. The Kier molecular flexibility index (Phi) is 2.77. The number of carbonyl (C=O) groups is 1. The number of hydrogen-bond donors (Lipinski definition) is 2. The van der Waals surface area contributed by atoms with Crippen LogP contribution in [-0.2, 0) is 4.79 Å². The molecule has 0 aliphatic heterocycles. The standard InChI is InChI=1S/C12H12O5/c1-6-9(11(13)12(14)15)10-7(16-2)4-3-5-8(10)17-6/h3-5,11,13H,1-2H3,(H,14,15). The van der Waals surface area contributed by atoms with Crippen LogP contribution in [0.1, 0.15) is 17.4 Å². The van der Waals surface area contributed by atoms with E-state index in [9.17, 15) is 9.90 Å². The van der Waals surface area contributed by atoms with Crippen LogP contribution < -0.4 is 4.74 Å². The lowest BCUT2D eigenvalue weighted by molar-refractivity contribution is -0.146. The molecule has 90 valence electrons. The first-order valence-corrected chi connectivity index (χ1v) is 5.03. The lowest BCUT2D eigenvalue weighted by atomic mass is 10.0. The Morgan fingerprint density at radius 1 is 1.47 bits per heavy atom. The average molecular weight is 236 g/mol. The number of aliphatic hydroxyl groups is 1. The van der Waals surface area contributed by atoms with Crippen molar-refractivity contribution in [2.45, 2.75) is 13.0 Å². The van der Waals surface area contributed by atoms with Gasteiger partial charge in [0.2, 0.25) is 0 Å². The number of benzene rings is 1. The number of methoxy groups -OCH3 is 1. The highest BCUT2D eigenvalue weighted by Crippen LogP contribution is 2.36. The fourth-order valence-corrected chi connectivity index (χ4v) is 1.88. The molecule has 0 saturated heterocycles. The molecule has 1 aromatic heterocycles. The fraction of sp³-hybridized carbons (Fsp3) is 0.250. The molecule has 1 heterocycles. The minimum absolute atomic E-state index is 0.241. The number of fused-ring (bicyclic) bond motifs is 1. The second-order valence-corrected chi connectivity index (χ2v) is 3.65. The van der Waals surface area contributed by atoms with Crippen molar-refractivity contribution in [2.75, 3.05) is 7.11 Å². The minimum Gasteiger partial charge on any atom is -0.496 e. The highest BCUT2D eigenvalue weighted by molar-refractivity contribution is 5.92. The van der Waals surface area contributed by atoms with Gasteiger partial charge in [-0.05, 0) is 19.1 Å². The molecule has 0 spiro atoms. The average Bonchev–Trinajstić information content (AvgIpc) is 2.63. The van der Waals surface area contributed by atoms with Crippen molar-refractivity contribution in [1.82, 2.24) is 0 Å². The van der Waals surface area contributed by atoms with E-state index in [1.165, 1.54) is 7.11 Å². The number of aliphatic carboxylic acids is 1. The molecule has 0 amide bonds. The first-order valence-electron chi connectivity index (χ1n) is 5.03. The van der Waals surface area contributed by atoms with Gasteiger partial charge in [-0.3, -0.25) is 0 Å². The minimum atomic E-state index is -1.62. The van der Waals surface area contributed by atoms with Crippen LogP contribution in [-0.4, -0.2) is 23.3 Å². The fourth-order valence-electron chi connectivity index (χ4n) is 1.88. The van der Waals surface area contributed by atoms with E-state index in [2.05, 4.69) is 0 Å². The van der Waals surface area contributed by atoms with E-state index in [4.69, 9.17) is 14.3 Å². The number of rotatable bonds is 3. The third kappa shape index (κ3) is 1.74. The molecule has 0 fully saturated rings. The van der Waals surface area contributed by atoms with Crippen molar-refractivity contribution in [3.63, 3.8) is 0 Å². The molecule has 1 atom stereocenters. The first-order chi connectivity index (χ1) is 8.06. The summed E-state index contributed by atoms with van der Waals surface area (Å²) in [6.45, 7) is 1.61. The predicted molar refractivity (Wildman–Crippen MR) is 60.1 cm³/mol.